The molecule has 1 aromatic carbocycles. The lowest BCUT2D eigenvalue weighted by Gasteiger charge is -2.10. The summed E-state index contributed by atoms with van der Waals surface area (Å²) in [6.45, 7) is 0.622. The molecule has 1 aliphatic carbocycles. The van der Waals surface area contributed by atoms with E-state index < -0.39 is 0 Å². The van der Waals surface area contributed by atoms with Crippen molar-refractivity contribution in [3.8, 4) is 11.5 Å². The molecule has 1 aliphatic rings. The largest absolute Gasteiger partial charge is 0.504 e. The zero-order valence-corrected chi connectivity index (χ0v) is 8.78. The van der Waals surface area contributed by atoms with Crippen molar-refractivity contribution in [1.82, 2.24) is 0 Å². The molecule has 0 spiro atoms. The number of nitrogens with two attached hydrogens (primary N) is 1. The molecule has 0 amide bonds. The van der Waals surface area contributed by atoms with E-state index in [4.69, 9.17) is 10.5 Å². The van der Waals surface area contributed by atoms with Crippen molar-refractivity contribution in [2.45, 2.75) is 31.2 Å². The summed E-state index contributed by atoms with van der Waals surface area (Å²) in [5.41, 5.74) is 6.05. The molecule has 1 saturated carbocycles. The van der Waals surface area contributed by atoms with E-state index in [1.807, 2.05) is 6.07 Å². The maximum atomic E-state index is 9.43. The van der Waals surface area contributed by atoms with Crippen molar-refractivity contribution in [1.29, 1.82) is 0 Å². The van der Waals surface area contributed by atoms with E-state index in [1.165, 1.54) is 0 Å². The van der Waals surface area contributed by atoms with Crippen LogP contribution in [0.4, 0.5) is 0 Å². The Morgan fingerprint density at radius 2 is 2.07 bits per heavy atom. The Morgan fingerprint density at radius 3 is 2.73 bits per heavy atom. The lowest BCUT2D eigenvalue weighted by atomic mass is 10.1. The van der Waals surface area contributed by atoms with Crippen molar-refractivity contribution >= 4 is 0 Å². The standard InChI is InChI=1S/C12H17NO2/c13-12(7-8-12)6-3-9-15-11-5-2-1-4-10(11)14/h1-2,4-5,14H,3,6-9,13H2. The minimum Gasteiger partial charge on any atom is -0.504 e. The van der Waals surface area contributed by atoms with Gasteiger partial charge in [-0.3, -0.25) is 0 Å². The second kappa shape index (κ2) is 4.11. The molecule has 0 aromatic heterocycles. The topological polar surface area (TPSA) is 55.5 Å². The lowest BCUT2D eigenvalue weighted by molar-refractivity contribution is 0.285. The number of hydrogen-bond acceptors (Lipinski definition) is 3. The first-order chi connectivity index (χ1) is 7.20. The van der Waals surface area contributed by atoms with Gasteiger partial charge in [-0.25, -0.2) is 0 Å². The Labute approximate surface area is 89.9 Å². The van der Waals surface area contributed by atoms with Gasteiger partial charge in [0.05, 0.1) is 6.61 Å². The maximum Gasteiger partial charge on any atom is 0.160 e. The Morgan fingerprint density at radius 1 is 1.33 bits per heavy atom. The molecule has 0 atom stereocenters. The molecule has 0 bridgehead atoms. The van der Waals surface area contributed by atoms with Crippen molar-refractivity contribution in [3.05, 3.63) is 24.3 Å². The van der Waals surface area contributed by atoms with Crippen molar-refractivity contribution < 1.29 is 9.84 Å². The van der Waals surface area contributed by atoms with Crippen molar-refractivity contribution in [2.24, 2.45) is 5.73 Å². The highest BCUT2D eigenvalue weighted by Gasteiger charge is 2.37. The predicted molar refractivity (Wildman–Crippen MR) is 59.0 cm³/mol. The zero-order valence-electron chi connectivity index (χ0n) is 8.78. The van der Waals surface area contributed by atoms with E-state index in [1.54, 1.807) is 18.2 Å². The zero-order chi connectivity index (χ0) is 10.7. The average Bonchev–Trinajstić information content (AvgIpc) is 2.94. The third kappa shape index (κ3) is 2.86. The third-order valence-corrected chi connectivity index (χ3v) is 2.83. The molecule has 1 fully saturated rings. The van der Waals surface area contributed by atoms with E-state index in [2.05, 4.69) is 0 Å². The molecule has 3 nitrogen and oxygen atoms in total. The van der Waals surface area contributed by atoms with Gasteiger partial charge in [0, 0.05) is 5.54 Å². The Balaban J connectivity index is 1.71. The quantitative estimate of drug-likeness (QED) is 0.726. The first-order valence-electron chi connectivity index (χ1n) is 5.39. The van der Waals surface area contributed by atoms with Crippen molar-refractivity contribution in [2.75, 3.05) is 6.61 Å². The molecule has 2 rings (SSSR count). The number of phenolic OH excluding ortho intramolecular Hbond substituents is 1. The molecule has 15 heavy (non-hydrogen) atoms. The van der Waals surface area contributed by atoms with Crippen LogP contribution in [0.3, 0.4) is 0 Å². The highest BCUT2D eigenvalue weighted by atomic mass is 16.5. The number of phenols is 1. The van der Waals surface area contributed by atoms with Crippen LogP contribution in [0.15, 0.2) is 24.3 Å². The number of rotatable bonds is 5. The fourth-order valence-corrected chi connectivity index (χ4v) is 1.60. The van der Waals surface area contributed by atoms with Crippen LogP contribution < -0.4 is 10.5 Å². The smallest absolute Gasteiger partial charge is 0.160 e. The Hall–Kier alpha value is -1.22. The Bertz CT molecular complexity index is 334. The summed E-state index contributed by atoms with van der Waals surface area (Å²) in [6, 6.07) is 7.02. The number of hydrogen-bond donors (Lipinski definition) is 2. The first-order valence-corrected chi connectivity index (χ1v) is 5.39. The second-order valence-electron chi connectivity index (χ2n) is 4.28. The van der Waals surface area contributed by atoms with E-state index in [9.17, 15) is 5.11 Å². The molecule has 82 valence electrons. The fraction of sp³-hybridized carbons (Fsp3) is 0.500. The monoisotopic (exact) mass is 207 g/mol. The van der Waals surface area contributed by atoms with Crippen LogP contribution in [0.5, 0.6) is 11.5 Å². The highest BCUT2D eigenvalue weighted by Crippen LogP contribution is 2.36. The van der Waals surface area contributed by atoms with Gasteiger partial charge < -0.3 is 15.6 Å². The highest BCUT2D eigenvalue weighted by molar-refractivity contribution is 5.37. The molecular weight excluding hydrogens is 190 g/mol. The average molecular weight is 207 g/mol. The molecule has 3 heteroatoms. The van der Waals surface area contributed by atoms with Gasteiger partial charge in [-0.1, -0.05) is 12.1 Å². The van der Waals surface area contributed by atoms with Gasteiger partial charge in [-0.2, -0.15) is 0 Å². The molecule has 3 N–H and O–H groups in total. The van der Waals surface area contributed by atoms with Crippen LogP contribution in [0, 0.1) is 0 Å². The first kappa shape index (κ1) is 10.3. The van der Waals surface area contributed by atoms with E-state index in [0.717, 1.165) is 25.7 Å². The minimum atomic E-state index is 0.0993. The lowest BCUT2D eigenvalue weighted by Crippen LogP contribution is -2.22. The summed E-state index contributed by atoms with van der Waals surface area (Å²) in [5.74, 6) is 0.755. The number of ether oxygens (including phenoxy) is 1. The van der Waals surface area contributed by atoms with Gasteiger partial charge in [0.15, 0.2) is 11.5 Å². The van der Waals surface area contributed by atoms with Crippen LogP contribution in [0.1, 0.15) is 25.7 Å². The van der Waals surface area contributed by atoms with Crippen LogP contribution in [-0.2, 0) is 0 Å². The second-order valence-corrected chi connectivity index (χ2v) is 4.28. The summed E-state index contributed by atoms with van der Waals surface area (Å²) in [7, 11) is 0. The van der Waals surface area contributed by atoms with E-state index >= 15 is 0 Å². The van der Waals surface area contributed by atoms with Gasteiger partial charge in [0.25, 0.3) is 0 Å². The molecule has 0 radical (unpaired) electrons. The number of aromatic hydroxyl groups is 1. The molecule has 0 unspecified atom stereocenters. The SMILES string of the molecule is NC1(CCCOc2ccccc2O)CC1. The van der Waals surface area contributed by atoms with Gasteiger partial charge >= 0.3 is 0 Å². The fourth-order valence-electron chi connectivity index (χ4n) is 1.60. The van der Waals surface area contributed by atoms with Gasteiger partial charge in [-0.05, 0) is 37.8 Å². The number of para-hydroxylation sites is 2. The summed E-state index contributed by atoms with van der Waals surface area (Å²) in [4.78, 5) is 0. The van der Waals surface area contributed by atoms with Gasteiger partial charge in [0.1, 0.15) is 0 Å². The summed E-state index contributed by atoms with van der Waals surface area (Å²) >= 11 is 0. The van der Waals surface area contributed by atoms with Crippen LogP contribution in [0.2, 0.25) is 0 Å². The third-order valence-electron chi connectivity index (χ3n) is 2.83. The van der Waals surface area contributed by atoms with E-state index in [0.29, 0.717) is 12.4 Å². The van der Waals surface area contributed by atoms with Crippen LogP contribution >= 0.6 is 0 Å². The van der Waals surface area contributed by atoms with Crippen molar-refractivity contribution in [3.63, 3.8) is 0 Å². The van der Waals surface area contributed by atoms with Crippen LogP contribution in [0.25, 0.3) is 0 Å². The maximum absolute atomic E-state index is 9.43. The summed E-state index contributed by atoms with van der Waals surface area (Å²) in [5, 5.41) is 9.43. The van der Waals surface area contributed by atoms with E-state index in [-0.39, 0.29) is 11.3 Å². The molecule has 0 aliphatic heterocycles. The molecule has 0 saturated heterocycles. The molecule has 0 heterocycles. The Kier molecular flexibility index (Phi) is 2.82. The molecular formula is C12H17NO2. The summed E-state index contributed by atoms with van der Waals surface area (Å²) in [6.07, 6.45) is 4.25. The molecule has 1 aromatic rings. The normalized spacial score (nSPS) is 17.4. The number of benzene rings is 1. The summed E-state index contributed by atoms with van der Waals surface area (Å²) < 4.78 is 5.45. The van der Waals surface area contributed by atoms with Gasteiger partial charge in [0.2, 0.25) is 0 Å². The predicted octanol–water partition coefficient (Wildman–Crippen LogP) is 2.04. The van der Waals surface area contributed by atoms with Gasteiger partial charge in [-0.15, -0.1) is 0 Å². The van der Waals surface area contributed by atoms with Crippen LogP contribution in [-0.4, -0.2) is 17.3 Å². The minimum absolute atomic E-state index is 0.0993.